The number of fused-ring (bicyclic) bond motifs is 2. The fourth-order valence-electron chi connectivity index (χ4n) is 7.77. The largest absolute Gasteiger partial charge is 0.299 e. The molecule has 7 nitrogen and oxygen atoms in total. The van der Waals surface area contributed by atoms with Crippen LogP contribution in [0.4, 0.5) is 0 Å². The zero-order valence-corrected chi connectivity index (χ0v) is 32.2. The van der Waals surface area contributed by atoms with Crippen LogP contribution in [0.1, 0.15) is 19.4 Å². The second-order valence-corrected chi connectivity index (χ2v) is 15.0. The number of hydrogen-bond donors (Lipinski definition) is 0. The van der Waals surface area contributed by atoms with Gasteiger partial charge in [-0.3, -0.25) is 8.80 Å². The van der Waals surface area contributed by atoms with Gasteiger partial charge in [-0.2, -0.15) is 0 Å². The normalized spacial score (nSPS) is 11.5. The number of pyridine rings is 2. The SMILES string of the molecule is CC(C)Cc1ccc(-c2nc(-c3cccc(-c4c(-c5ccccc5)nc5ccccn45)c3)nc(-c3cccc(-c4c(-c5ccccc5)nc5ccccn45)c3)n2)cc1. The topological polar surface area (TPSA) is 73.3 Å². The van der Waals surface area contributed by atoms with Crippen molar-refractivity contribution in [3.05, 3.63) is 188 Å². The highest BCUT2D eigenvalue weighted by atomic mass is 15.0. The van der Waals surface area contributed by atoms with Crippen LogP contribution in [0.5, 0.6) is 0 Å². The molecule has 0 amide bonds. The molecule has 5 aromatic heterocycles. The highest BCUT2D eigenvalue weighted by Crippen LogP contribution is 2.37. The lowest BCUT2D eigenvalue weighted by Crippen LogP contribution is -2.01. The van der Waals surface area contributed by atoms with Gasteiger partial charge < -0.3 is 0 Å². The van der Waals surface area contributed by atoms with Crippen molar-refractivity contribution < 1.29 is 0 Å². The van der Waals surface area contributed by atoms with Crippen LogP contribution < -0.4 is 0 Å². The van der Waals surface area contributed by atoms with Crippen LogP contribution in [-0.4, -0.2) is 33.7 Å². The highest BCUT2D eigenvalue weighted by Gasteiger charge is 2.20. The van der Waals surface area contributed by atoms with Crippen molar-refractivity contribution in [1.29, 1.82) is 0 Å². The Balaban J connectivity index is 1.13. The fraction of sp³-hybridized carbons (Fsp3) is 0.0784. The molecule has 0 unspecified atom stereocenters. The highest BCUT2D eigenvalue weighted by molar-refractivity contribution is 5.85. The van der Waals surface area contributed by atoms with Crippen molar-refractivity contribution in [1.82, 2.24) is 33.7 Å². The molecule has 0 N–H and O–H groups in total. The predicted molar refractivity (Wildman–Crippen MR) is 234 cm³/mol. The van der Waals surface area contributed by atoms with E-state index in [2.05, 4.69) is 156 Å². The smallest absolute Gasteiger partial charge is 0.164 e. The van der Waals surface area contributed by atoms with Gasteiger partial charge in [0.25, 0.3) is 0 Å². The van der Waals surface area contributed by atoms with E-state index in [1.54, 1.807) is 0 Å². The summed E-state index contributed by atoms with van der Waals surface area (Å²) < 4.78 is 4.31. The average Bonchev–Trinajstić information content (AvgIpc) is 3.87. The average molecular weight is 750 g/mol. The molecule has 5 aromatic carbocycles. The summed E-state index contributed by atoms with van der Waals surface area (Å²) in [5, 5.41) is 0. The van der Waals surface area contributed by atoms with Crippen LogP contribution in [0.3, 0.4) is 0 Å². The molecule has 0 aliphatic heterocycles. The third-order valence-corrected chi connectivity index (χ3v) is 10.4. The summed E-state index contributed by atoms with van der Waals surface area (Å²) >= 11 is 0. The molecule has 0 aliphatic rings. The first-order chi connectivity index (χ1) is 28.6. The molecule has 0 saturated heterocycles. The van der Waals surface area contributed by atoms with Gasteiger partial charge in [0.05, 0.1) is 22.8 Å². The van der Waals surface area contributed by atoms with Crippen molar-refractivity contribution in [2.24, 2.45) is 5.92 Å². The molecule has 10 aromatic rings. The van der Waals surface area contributed by atoms with Gasteiger partial charge >= 0.3 is 0 Å². The number of nitrogens with zero attached hydrogens (tertiary/aromatic N) is 7. The van der Waals surface area contributed by atoms with Crippen molar-refractivity contribution in [3.63, 3.8) is 0 Å². The summed E-state index contributed by atoms with van der Waals surface area (Å²) in [6.45, 7) is 4.48. The maximum absolute atomic E-state index is 5.22. The van der Waals surface area contributed by atoms with E-state index >= 15 is 0 Å². The van der Waals surface area contributed by atoms with Gasteiger partial charge in [0.15, 0.2) is 17.5 Å². The van der Waals surface area contributed by atoms with Gasteiger partial charge in [0, 0.05) is 51.3 Å². The summed E-state index contributed by atoms with van der Waals surface area (Å²) in [7, 11) is 0. The van der Waals surface area contributed by atoms with Crippen molar-refractivity contribution >= 4 is 11.3 Å². The third-order valence-electron chi connectivity index (χ3n) is 10.4. The van der Waals surface area contributed by atoms with Crippen LogP contribution in [-0.2, 0) is 6.42 Å². The maximum Gasteiger partial charge on any atom is 0.164 e. The van der Waals surface area contributed by atoms with Gasteiger partial charge in [0.2, 0.25) is 0 Å². The number of rotatable bonds is 9. The Hall–Kier alpha value is -7.51. The first-order valence-electron chi connectivity index (χ1n) is 19.7. The van der Waals surface area contributed by atoms with Crippen molar-refractivity contribution in [2.45, 2.75) is 20.3 Å². The number of aromatic nitrogens is 7. The van der Waals surface area contributed by atoms with Crippen LogP contribution in [0, 0.1) is 5.92 Å². The van der Waals surface area contributed by atoms with Crippen LogP contribution in [0.15, 0.2) is 182 Å². The van der Waals surface area contributed by atoms with Crippen LogP contribution >= 0.6 is 0 Å². The summed E-state index contributed by atoms with van der Waals surface area (Å²) in [5.74, 6) is 2.36. The summed E-state index contributed by atoms with van der Waals surface area (Å²) in [6, 6.07) is 58.4. The number of hydrogen-bond acceptors (Lipinski definition) is 5. The van der Waals surface area contributed by atoms with Crippen molar-refractivity contribution in [2.75, 3.05) is 0 Å². The third kappa shape index (κ3) is 6.62. The fourth-order valence-corrected chi connectivity index (χ4v) is 7.77. The minimum atomic E-state index is 0.561. The quantitative estimate of drug-likeness (QED) is 0.147. The Labute approximate surface area is 337 Å². The Morgan fingerprint density at radius 2 is 0.793 bits per heavy atom. The molecule has 5 heterocycles. The Bertz CT molecular complexity index is 2870. The standard InChI is InChI=1S/C51H39N7/c1-34(2)31-35-25-27-38(28-26-35)49-54-50(41-21-13-19-39(32-41)47-45(36-15-5-3-6-16-36)52-43-23-9-11-29-57(43)47)56-51(55-49)42-22-14-20-40(33-42)48-46(37-17-7-4-8-18-37)53-44-24-10-12-30-58(44)48/h3-30,32-34H,31H2,1-2H3. The minimum Gasteiger partial charge on any atom is -0.299 e. The van der Waals surface area contributed by atoms with E-state index in [0.29, 0.717) is 23.4 Å². The Kier molecular flexibility index (Phi) is 8.95. The number of imidazole rings is 2. The van der Waals surface area contributed by atoms with Crippen molar-refractivity contribution in [3.8, 4) is 79.2 Å². The second-order valence-electron chi connectivity index (χ2n) is 15.0. The molecular weight excluding hydrogens is 711 g/mol. The predicted octanol–water partition coefficient (Wildman–Crippen LogP) is 12.0. The monoisotopic (exact) mass is 749 g/mol. The molecule has 0 bridgehead atoms. The summed E-state index contributed by atoms with van der Waals surface area (Å²) in [5.41, 5.74) is 13.7. The van der Waals surface area contributed by atoms with Gasteiger partial charge in [-0.1, -0.05) is 147 Å². The van der Waals surface area contributed by atoms with Gasteiger partial charge in [-0.05, 0) is 54.3 Å². The Morgan fingerprint density at radius 1 is 0.379 bits per heavy atom. The van der Waals surface area contributed by atoms with Gasteiger partial charge in [0.1, 0.15) is 11.3 Å². The maximum atomic E-state index is 5.22. The lowest BCUT2D eigenvalue weighted by atomic mass is 10.0. The molecule has 10 rings (SSSR count). The van der Waals surface area contributed by atoms with E-state index in [1.165, 1.54) is 5.56 Å². The molecule has 58 heavy (non-hydrogen) atoms. The Morgan fingerprint density at radius 3 is 1.26 bits per heavy atom. The zero-order valence-electron chi connectivity index (χ0n) is 32.2. The first kappa shape index (κ1) is 34.9. The summed E-state index contributed by atoms with van der Waals surface area (Å²) in [4.78, 5) is 25.7. The molecule has 0 spiro atoms. The molecular formula is C51H39N7. The first-order valence-corrected chi connectivity index (χ1v) is 19.7. The lowest BCUT2D eigenvalue weighted by molar-refractivity contribution is 0.647. The van der Waals surface area contributed by atoms with Crippen LogP contribution in [0.25, 0.3) is 90.5 Å². The molecule has 7 heteroatoms. The second kappa shape index (κ2) is 14.9. The van der Waals surface area contributed by atoms with Gasteiger partial charge in [-0.15, -0.1) is 0 Å². The molecule has 0 atom stereocenters. The van der Waals surface area contributed by atoms with E-state index in [0.717, 1.165) is 79.4 Å². The number of benzene rings is 5. The molecule has 0 saturated carbocycles. The molecule has 0 radical (unpaired) electrons. The van der Waals surface area contributed by atoms with E-state index < -0.39 is 0 Å². The molecule has 0 aliphatic carbocycles. The van der Waals surface area contributed by atoms with E-state index in [-0.39, 0.29) is 0 Å². The van der Waals surface area contributed by atoms with E-state index in [4.69, 9.17) is 24.9 Å². The molecule has 0 fully saturated rings. The molecule has 278 valence electrons. The van der Waals surface area contributed by atoms with E-state index in [9.17, 15) is 0 Å². The summed E-state index contributed by atoms with van der Waals surface area (Å²) in [6.07, 6.45) is 5.15. The van der Waals surface area contributed by atoms with Gasteiger partial charge in [-0.25, -0.2) is 24.9 Å². The zero-order chi connectivity index (χ0) is 39.0. The lowest BCUT2D eigenvalue weighted by Gasteiger charge is -2.12. The minimum absolute atomic E-state index is 0.561. The van der Waals surface area contributed by atoms with Crippen LogP contribution in [0.2, 0.25) is 0 Å². The van der Waals surface area contributed by atoms with E-state index in [1.807, 2.05) is 48.5 Å².